The molecule has 0 aliphatic heterocycles. The van der Waals surface area contributed by atoms with E-state index >= 15 is 0 Å². The zero-order valence-corrected chi connectivity index (χ0v) is 4.11. The molecule has 0 atom stereocenters. The molecule has 0 spiro atoms. The highest BCUT2D eigenvalue weighted by molar-refractivity contribution is 7.47. The van der Waals surface area contributed by atoms with Crippen molar-refractivity contribution in [2.45, 2.75) is 0 Å². The molecule has 56 valence electrons. The smallest absolute Gasteiger partial charge is 0.269 e. The first kappa shape index (κ1) is 25.0. The molecule has 0 N–H and O–H groups in total. The van der Waals surface area contributed by atoms with Crippen LogP contribution in [-0.2, 0) is 4.57 Å². The molecular formula is H3F6OP. The Kier molecular flexibility index (Phi) is 21.2. The van der Waals surface area contributed by atoms with Crippen LogP contribution in [0.1, 0.15) is 0 Å². The van der Waals surface area contributed by atoms with Crippen LogP contribution in [-0.4, -0.2) is 0 Å². The van der Waals surface area contributed by atoms with Crippen LogP contribution < -0.4 is 0 Å². The standard InChI is InChI=1S/F3OP.3FH/c1-5(2,3)4;;;/h;3*1H. The molecule has 0 saturated heterocycles. The van der Waals surface area contributed by atoms with Crippen molar-refractivity contribution in [1.29, 1.82) is 0 Å². The molecule has 0 radical (unpaired) electrons. The lowest BCUT2D eigenvalue weighted by molar-refractivity contribution is 0.440. The maximum atomic E-state index is 9.91. The molecule has 0 saturated carbocycles. The van der Waals surface area contributed by atoms with E-state index in [2.05, 4.69) is 0 Å². The van der Waals surface area contributed by atoms with E-state index < -0.39 is 8.07 Å². The summed E-state index contributed by atoms with van der Waals surface area (Å²) in [5.41, 5.74) is 0. The maximum Gasteiger partial charge on any atom is 0.591 e. The van der Waals surface area contributed by atoms with Gasteiger partial charge < -0.3 is 0 Å². The van der Waals surface area contributed by atoms with Crippen molar-refractivity contribution in [3.8, 4) is 0 Å². The third kappa shape index (κ3) is 3720. The molecule has 0 aliphatic carbocycles. The molecule has 0 aromatic carbocycles. The molecular weight excluding hydrogens is 161 g/mol. The topological polar surface area (TPSA) is 17.1 Å². The van der Waals surface area contributed by atoms with Crippen LogP contribution in [0.2, 0.25) is 0 Å². The van der Waals surface area contributed by atoms with Crippen LogP contribution in [0.4, 0.5) is 26.7 Å². The Hall–Kier alpha value is -0.190. The Morgan fingerprint density at radius 3 is 0.875 bits per heavy atom. The fraction of sp³-hybridized carbons (Fsp3) is 0. The van der Waals surface area contributed by atoms with Gasteiger partial charge in [0.1, 0.15) is 0 Å². The van der Waals surface area contributed by atoms with Gasteiger partial charge in [-0.05, 0) is 0 Å². The Labute approximate surface area is 40.7 Å². The largest absolute Gasteiger partial charge is 0.591 e. The average molecular weight is 164 g/mol. The van der Waals surface area contributed by atoms with Crippen molar-refractivity contribution in [2.24, 2.45) is 0 Å². The minimum atomic E-state index is -6.14. The van der Waals surface area contributed by atoms with Crippen LogP contribution >= 0.6 is 8.07 Å². The number of hydrogen-bond acceptors (Lipinski definition) is 1. The molecule has 0 fully saturated rings. The van der Waals surface area contributed by atoms with Crippen molar-refractivity contribution in [1.82, 2.24) is 0 Å². The van der Waals surface area contributed by atoms with Gasteiger partial charge in [-0.2, -0.15) is 0 Å². The van der Waals surface area contributed by atoms with Crippen molar-refractivity contribution in [2.75, 3.05) is 0 Å². The van der Waals surface area contributed by atoms with E-state index in [1.165, 1.54) is 0 Å². The summed E-state index contributed by atoms with van der Waals surface area (Å²) in [7, 11) is -6.14. The highest BCUT2D eigenvalue weighted by atomic mass is 31.3. The maximum absolute atomic E-state index is 9.91. The lowest BCUT2D eigenvalue weighted by Crippen LogP contribution is -1.30. The lowest BCUT2D eigenvalue weighted by Gasteiger charge is -1.68. The second kappa shape index (κ2) is 6.81. The Morgan fingerprint density at radius 1 is 0.875 bits per heavy atom. The summed E-state index contributed by atoms with van der Waals surface area (Å²) < 4.78 is 37.9. The molecule has 8 heavy (non-hydrogen) atoms. The third-order valence-electron chi connectivity index (χ3n) is 0. The molecule has 0 aliphatic rings. The molecule has 1 nitrogen and oxygen atoms in total. The van der Waals surface area contributed by atoms with Crippen molar-refractivity contribution >= 4 is 8.07 Å². The van der Waals surface area contributed by atoms with E-state index in [1.54, 1.807) is 0 Å². The predicted molar refractivity (Wildman–Crippen MR) is 18.4 cm³/mol. The third-order valence-corrected chi connectivity index (χ3v) is 0. The van der Waals surface area contributed by atoms with Crippen LogP contribution in [0.3, 0.4) is 0 Å². The van der Waals surface area contributed by atoms with E-state index in [9.17, 15) is 12.6 Å². The van der Waals surface area contributed by atoms with Crippen molar-refractivity contribution < 1.29 is 31.3 Å². The van der Waals surface area contributed by atoms with E-state index in [0.717, 1.165) is 0 Å². The van der Waals surface area contributed by atoms with E-state index in [4.69, 9.17) is 4.57 Å². The average Bonchev–Trinajstić information content (AvgIpc) is 0.722. The molecule has 0 heterocycles. The van der Waals surface area contributed by atoms with E-state index in [-0.39, 0.29) is 14.1 Å². The SMILES string of the molecule is F.F.F.O=P(F)(F)F. The normalized spacial score (nSPS) is 7.38. The van der Waals surface area contributed by atoms with Gasteiger partial charge in [0.15, 0.2) is 0 Å². The molecule has 0 amide bonds. The van der Waals surface area contributed by atoms with Crippen LogP contribution in [0.5, 0.6) is 0 Å². The number of rotatable bonds is 0. The first-order chi connectivity index (χ1) is 2.00. The Bertz CT molecular complexity index is 54.7. The Balaban J connectivity index is -0.0000000267. The minimum absolute atomic E-state index is 0. The van der Waals surface area contributed by atoms with Crippen LogP contribution in [0.25, 0.3) is 0 Å². The summed E-state index contributed by atoms with van der Waals surface area (Å²) in [6.07, 6.45) is 0. The molecule has 0 aromatic rings. The van der Waals surface area contributed by atoms with Gasteiger partial charge in [-0.15, -0.1) is 12.6 Å². The lowest BCUT2D eigenvalue weighted by atomic mass is 16.0. The zero-order valence-electron chi connectivity index (χ0n) is 3.21. The van der Waals surface area contributed by atoms with Crippen molar-refractivity contribution in [3.63, 3.8) is 0 Å². The number of hydrogen-bond donors (Lipinski definition) is 0. The second-order valence-corrected chi connectivity index (χ2v) is 1.20. The number of halogens is 6. The summed E-state index contributed by atoms with van der Waals surface area (Å²) in [6.45, 7) is 0. The first-order valence-corrected chi connectivity index (χ1v) is 2.07. The fourth-order valence-electron chi connectivity index (χ4n) is 0. The molecule has 0 bridgehead atoms. The molecule has 0 rings (SSSR count). The quantitative estimate of drug-likeness (QED) is 0.397. The fourth-order valence-corrected chi connectivity index (χ4v) is 0. The highest BCUT2D eigenvalue weighted by Crippen LogP contribution is 2.50. The van der Waals surface area contributed by atoms with Gasteiger partial charge in [0.25, 0.3) is 0 Å². The van der Waals surface area contributed by atoms with Gasteiger partial charge in [-0.1, -0.05) is 0 Å². The predicted octanol–water partition coefficient (Wildman–Crippen LogP) is 2.46. The van der Waals surface area contributed by atoms with Gasteiger partial charge in [-0.25, -0.2) is 4.57 Å². The second-order valence-electron chi connectivity index (χ2n) is 0.399. The molecule has 8 heteroatoms. The Morgan fingerprint density at radius 2 is 0.875 bits per heavy atom. The molecule has 0 unspecified atom stereocenters. The van der Waals surface area contributed by atoms with E-state index in [1.807, 2.05) is 0 Å². The minimum Gasteiger partial charge on any atom is -0.269 e. The van der Waals surface area contributed by atoms with E-state index in [0.29, 0.717) is 0 Å². The van der Waals surface area contributed by atoms with Gasteiger partial charge in [0, 0.05) is 0 Å². The summed E-state index contributed by atoms with van der Waals surface area (Å²) in [4.78, 5) is 0. The highest BCUT2D eigenvalue weighted by Gasteiger charge is 2.13. The van der Waals surface area contributed by atoms with Crippen molar-refractivity contribution in [3.05, 3.63) is 0 Å². The summed E-state index contributed by atoms with van der Waals surface area (Å²) in [5.74, 6) is 0. The summed E-state index contributed by atoms with van der Waals surface area (Å²) in [5, 5.41) is 0. The van der Waals surface area contributed by atoms with Crippen LogP contribution in [0.15, 0.2) is 0 Å². The first-order valence-electron chi connectivity index (χ1n) is 0.690. The zero-order chi connectivity index (χ0) is 4.50. The van der Waals surface area contributed by atoms with Crippen LogP contribution in [0, 0.1) is 0 Å². The van der Waals surface area contributed by atoms with Gasteiger partial charge in [0.05, 0.1) is 0 Å². The monoisotopic (exact) mass is 164 g/mol. The summed E-state index contributed by atoms with van der Waals surface area (Å²) in [6, 6.07) is 0. The van der Waals surface area contributed by atoms with Gasteiger partial charge in [0.2, 0.25) is 0 Å². The van der Waals surface area contributed by atoms with Gasteiger partial charge >= 0.3 is 8.07 Å². The summed E-state index contributed by atoms with van der Waals surface area (Å²) >= 11 is 0. The molecule has 0 aromatic heterocycles. The van der Waals surface area contributed by atoms with Gasteiger partial charge in [-0.3, -0.25) is 14.1 Å².